The number of rotatable bonds is 11. The third-order valence-electron chi connectivity index (χ3n) is 6.45. The van der Waals surface area contributed by atoms with Crippen LogP contribution in [0.25, 0.3) is 11.4 Å². The Morgan fingerprint density at radius 2 is 1.55 bits per heavy atom. The summed E-state index contributed by atoms with van der Waals surface area (Å²) in [5.41, 5.74) is -0.0922. The van der Waals surface area contributed by atoms with Gasteiger partial charge in [0, 0.05) is 18.5 Å². The van der Waals surface area contributed by atoms with Crippen molar-refractivity contribution in [3.8, 4) is 17.1 Å². The number of carboxylic acids is 1. The van der Waals surface area contributed by atoms with E-state index in [1.807, 2.05) is 26.0 Å². The minimum Gasteiger partial charge on any atom is -0.478 e. The molecule has 1 aromatic heterocycles. The highest BCUT2D eigenvalue weighted by Crippen LogP contribution is 2.30. The SMILES string of the molecule is CC.CC(C)(Oc1ccc(CCCc2nc(-c3ccc(C(F)(F)F)cc3)nn2CCc2ccccc2F)cc1)C(=O)O. The van der Waals surface area contributed by atoms with Crippen LogP contribution in [0.1, 0.15) is 56.6 Å². The molecule has 224 valence electrons. The lowest BCUT2D eigenvalue weighted by Gasteiger charge is -2.21. The highest BCUT2D eigenvalue weighted by atomic mass is 19.4. The standard InChI is InChI=1S/C30H29F4N3O3.C2H6/c1-29(2,28(38)39)40-24-16-10-20(11-17-24)6-5-9-26-35-27(22-12-14-23(15-13-22)30(32,33)34)36-37(26)19-18-21-7-3-4-8-25(21)31;1-2/h3-4,7-8,10-17H,5-6,9,18-19H2,1-2H3,(H,38,39);1-2H3. The Morgan fingerprint density at radius 3 is 2.14 bits per heavy atom. The van der Waals surface area contributed by atoms with Crippen LogP contribution in [0.5, 0.6) is 5.75 Å². The molecule has 1 N–H and O–H groups in total. The van der Waals surface area contributed by atoms with Crippen molar-refractivity contribution in [3.05, 3.63) is 101 Å². The van der Waals surface area contributed by atoms with Crippen molar-refractivity contribution >= 4 is 5.97 Å². The molecule has 3 aromatic carbocycles. The van der Waals surface area contributed by atoms with Crippen molar-refractivity contribution in [1.29, 1.82) is 0 Å². The summed E-state index contributed by atoms with van der Waals surface area (Å²) in [6.07, 6.45) is -2.13. The third-order valence-corrected chi connectivity index (χ3v) is 6.45. The molecule has 0 unspecified atom stereocenters. The minimum atomic E-state index is -4.44. The fourth-order valence-corrected chi connectivity index (χ4v) is 4.11. The predicted molar refractivity (Wildman–Crippen MR) is 153 cm³/mol. The van der Waals surface area contributed by atoms with E-state index in [2.05, 4.69) is 10.1 Å². The van der Waals surface area contributed by atoms with Crippen LogP contribution in [0, 0.1) is 5.82 Å². The first-order valence-corrected chi connectivity index (χ1v) is 13.8. The summed E-state index contributed by atoms with van der Waals surface area (Å²) in [7, 11) is 0. The van der Waals surface area contributed by atoms with Gasteiger partial charge in [0.15, 0.2) is 11.4 Å². The van der Waals surface area contributed by atoms with Crippen LogP contribution in [-0.4, -0.2) is 31.4 Å². The van der Waals surface area contributed by atoms with Crippen molar-refractivity contribution in [2.75, 3.05) is 0 Å². The van der Waals surface area contributed by atoms with Crippen LogP contribution in [0.15, 0.2) is 72.8 Å². The fourth-order valence-electron chi connectivity index (χ4n) is 4.11. The van der Waals surface area contributed by atoms with Gasteiger partial charge in [0.1, 0.15) is 17.4 Å². The summed E-state index contributed by atoms with van der Waals surface area (Å²) in [6, 6.07) is 18.3. The highest BCUT2D eigenvalue weighted by molar-refractivity contribution is 5.76. The van der Waals surface area contributed by atoms with E-state index in [4.69, 9.17) is 4.74 Å². The van der Waals surface area contributed by atoms with Gasteiger partial charge in [0.05, 0.1) is 5.56 Å². The average Bonchev–Trinajstić information content (AvgIpc) is 3.37. The maximum atomic E-state index is 14.2. The Bertz CT molecular complexity index is 1450. The van der Waals surface area contributed by atoms with Crippen LogP contribution >= 0.6 is 0 Å². The summed E-state index contributed by atoms with van der Waals surface area (Å²) < 4.78 is 60.4. The summed E-state index contributed by atoms with van der Waals surface area (Å²) in [5.74, 6) is 0.0251. The summed E-state index contributed by atoms with van der Waals surface area (Å²) in [6.45, 7) is 7.31. The maximum Gasteiger partial charge on any atom is 0.416 e. The predicted octanol–water partition coefficient (Wildman–Crippen LogP) is 7.79. The monoisotopic (exact) mass is 585 g/mol. The first kappa shape index (κ1) is 32.3. The summed E-state index contributed by atoms with van der Waals surface area (Å²) in [5, 5.41) is 13.8. The number of ether oxygens (including phenoxy) is 1. The molecule has 10 heteroatoms. The van der Waals surface area contributed by atoms with E-state index in [0.717, 1.165) is 17.7 Å². The first-order valence-electron chi connectivity index (χ1n) is 13.8. The average molecular weight is 586 g/mol. The molecule has 42 heavy (non-hydrogen) atoms. The van der Waals surface area contributed by atoms with Crippen LogP contribution in [0.3, 0.4) is 0 Å². The van der Waals surface area contributed by atoms with Crippen molar-refractivity contribution < 1.29 is 32.2 Å². The van der Waals surface area contributed by atoms with Gasteiger partial charge in [-0.15, -0.1) is 0 Å². The highest BCUT2D eigenvalue weighted by Gasteiger charge is 2.30. The molecule has 1 heterocycles. The molecule has 4 aromatic rings. The van der Waals surface area contributed by atoms with Crippen LogP contribution < -0.4 is 4.74 Å². The molecule has 0 aliphatic heterocycles. The number of aryl methyl sites for hydroxylation is 4. The molecule has 0 aliphatic carbocycles. The largest absolute Gasteiger partial charge is 0.478 e. The number of carbonyl (C=O) groups is 1. The normalized spacial score (nSPS) is 11.5. The Balaban J connectivity index is 0.00000237. The molecule has 0 atom stereocenters. The number of nitrogens with zero attached hydrogens (tertiary/aromatic N) is 3. The van der Waals surface area contributed by atoms with Crippen molar-refractivity contribution in [1.82, 2.24) is 14.8 Å². The Labute approximate surface area is 243 Å². The second-order valence-electron chi connectivity index (χ2n) is 9.91. The Kier molecular flexibility index (Phi) is 10.9. The van der Waals surface area contributed by atoms with E-state index < -0.39 is 23.3 Å². The van der Waals surface area contributed by atoms with Gasteiger partial charge in [-0.05, 0) is 74.6 Å². The molecule has 0 saturated heterocycles. The molecule has 4 rings (SSSR count). The summed E-state index contributed by atoms with van der Waals surface area (Å²) in [4.78, 5) is 15.9. The number of aromatic nitrogens is 3. The fraction of sp³-hybridized carbons (Fsp3) is 0.344. The molecule has 0 spiro atoms. The number of hydrogen-bond donors (Lipinski definition) is 1. The lowest BCUT2D eigenvalue weighted by Crippen LogP contribution is -2.37. The number of halogens is 4. The third kappa shape index (κ3) is 8.64. The number of aliphatic carboxylic acids is 1. The topological polar surface area (TPSA) is 77.2 Å². The zero-order valence-corrected chi connectivity index (χ0v) is 24.1. The first-order chi connectivity index (χ1) is 19.9. The van der Waals surface area contributed by atoms with E-state index >= 15 is 0 Å². The van der Waals surface area contributed by atoms with Gasteiger partial charge in [-0.2, -0.15) is 18.3 Å². The molecule has 0 bridgehead atoms. The molecular weight excluding hydrogens is 550 g/mol. The van der Waals surface area contributed by atoms with Gasteiger partial charge in [-0.1, -0.05) is 56.3 Å². The van der Waals surface area contributed by atoms with Gasteiger partial charge < -0.3 is 9.84 Å². The molecule has 6 nitrogen and oxygen atoms in total. The van der Waals surface area contributed by atoms with Gasteiger partial charge in [-0.3, -0.25) is 0 Å². The number of hydrogen-bond acceptors (Lipinski definition) is 4. The second-order valence-corrected chi connectivity index (χ2v) is 9.91. The van der Waals surface area contributed by atoms with Gasteiger partial charge in [-0.25, -0.2) is 18.9 Å². The van der Waals surface area contributed by atoms with E-state index in [-0.39, 0.29) is 5.82 Å². The van der Waals surface area contributed by atoms with E-state index in [1.165, 1.54) is 32.0 Å². The maximum absolute atomic E-state index is 14.2. The minimum absolute atomic E-state index is 0.305. The lowest BCUT2D eigenvalue weighted by atomic mass is 10.1. The molecular formula is C32H35F4N3O3. The quantitative estimate of drug-likeness (QED) is 0.182. The van der Waals surface area contributed by atoms with Crippen molar-refractivity contribution in [2.45, 2.75) is 71.7 Å². The zero-order chi connectivity index (χ0) is 30.9. The van der Waals surface area contributed by atoms with Crippen molar-refractivity contribution in [3.63, 3.8) is 0 Å². The zero-order valence-electron chi connectivity index (χ0n) is 24.1. The van der Waals surface area contributed by atoms with Crippen LogP contribution in [0.4, 0.5) is 17.6 Å². The number of carboxylic acid groups (broad SMARTS) is 1. The molecule has 0 saturated carbocycles. The van der Waals surface area contributed by atoms with Crippen LogP contribution in [-0.2, 0) is 36.8 Å². The number of alkyl halides is 3. The second kappa shape index (κ2) is 14.1. The Hall–Kier alpha value is -4.21. The Morgan fingerprint density at radius 1 is 0.905 bits per heavy atom. The molecule has 0 radical (unpaired) electrons. The van der Waals surface area contributed by atoms with Gasteiger partial charge in [0.2, 0.25) is 0 Å². The van der Waals surface area contributed by atoms with Crippen molar-refractivity contribution in [2.24, 2.45) is 0 Å². The molecule has 0 fully saturated rings. The van der Waals surface area contributed by atoms with E-state index in [9.17, 15) is 27.5 Å². The number of benzene rings is 3. The van der Waals surface area contributed by atoms with E-state index in [1.54, 1.807) is 35.0 Å². The summed E-state index contributed by atoms with van der Waals surface area (Å²) >= 11 is 0. The molecule has 0 aliphatic rings. The van der Waals surface area contributed by atoms with Gasteiger partial charge in [0.25, 0.3) is 0 Å². The molecule has 0 amide bonds. The smallest absolute Gasteiger partial charge is 0.416 e. The van der Waals surface area contributed by atoms with Gasteiger partial charge >= 0.3 is 12.1 Å². The van der Waals surface area contributed by atoms with Crippen LogP contribution in [0.2, 0.25) is 0 Å². The van der Waals surface area contributed by atoms with E-state index in [0.29, 0.717) is 60.8 Å². The lowest BCUT2D eigenvalue weighted by molar-refractivity contribution is -0.152.